The van der Waals surface area contributed by atoms with Crippen LogP contribution in [0, 0.1) is 5.92 Å². The predicted molar refractivity (Wildman–Crippen MR) is 83.9 cm³/mol. The van der Waals surface area contributed by atoms with Crippen molar-refractivity contribution in [1.82, 2.24) is 5.32 Å². The van der Waals surface area contributed by atoms with E-state index in [1.54, 1.807) is 18.2 Å². The van der Waals surface area contributed by atoms with E-state index in [1.165, 1.54) is 32.1 Å². The van der Waals surface area contributed by atoms with Gasteiger partial charge >= 0.3 is 0 Å². The number of phenols is 1. The smallest absolute Gasteiger partial charge is 0.255 e. The number of hydrogen-bond donors (Lipinski definition) is 2. The summed E-state index contributed by atoms with van der Waals surface area (Å²) in [4.78, 5) is 12.3. The molecule has 0 radical (unpaired) electrons. The minimum Gasteiger partial charge on any atom is -0.507 e. The number of hydrogen-bond acceptors (Lipinski definition) is 2. The van der Waals surface area contributed by atoms with Gasteiger partial charge in [0.1, 0.15) is 5.75 Å². The van der Waals surface area contributed by atoms with Gasteiger partial charge in [0.05, 0.1) is 5.56 Å². The number of carbonyl (C=O) groups excluding carboxylic acids is 1. The Balaban J connectivity index is 2.06. The fourth-order valence-electron chi connectivity index (χ4n) is 3.03. The molecule has 1 aromatic rings. The van der Waals surface area contributed by atoms with Crippen LogP contribution in [0.3, 0.4) is 0 Å². The Kier molecular flexibility index (Phi) is 5.46. The second kappa shape index (κ2) is 7.11. The van der Waals surface area contributed by atoms with E-state index in [2.05, 4.69) is 28.2 Å². The van der Waals surface area contributed by atoms with E-state index in [4.69, 9.17) is 0 Å². The molecule has 110 valence electrons. The SMILES string of the molecule is CCC(NC(=O)c1cc(Br)ccc1O)C1CCCCC1. The van der Waals surface area contributed by atoms with E-state index < -0.39 is 0 Å². The quantitative estimate of drug-likeness (QED) is 0.861. The lowest BCUT2D eigenvalue weighted by molar-refractivity contribution is 0.0908. The maximum Gasteiger partial charge on any atom is 0.255 e. The number of halogens is 1. The molecule has 1 saturated carbocycles. The van der Waals surface area contributed by atoms with Crippen molar-refractivity contribution in [1.29, 1.82) is 0 Å². The average molecular weight is 340 g/mol. The standard InChI is InChI=1S/C16H22BrNO2/c1-2-14(11-6-4-3-5-7-11)18-16(20)13-10-12(17)8-9-15(13)19/h8-11,14,19H,2-7H2,1H3,(H,18,20). The molecular formula is C16H22BrNO2. The zero-order valence-corrected chi connectivity index (χ0v) is 13.4. The average Bonchev–Trinajstić information content (AvgIpc) is 2.48. The fraction of sp³-hybridized carbons (Fsp3) is 0.562. The topological polar surface area (TPSA) is 49.3 Å². The van der Waals surface area contributed by atoms with E-state index >= 15 is 0 Å². The predicted octanol–water partition coefficient (Wildman–Crippen LogP) is 4.24. The Labute approximate surface area is 128 Å². The number of nitrogens with one attached hydrogen (secondary N) is 1. The van der Waals surface area contributed by atoms with E-state index in [1.807, 2.05) is 0 Å². The third kappa shape index (κ3) is 3.75. The lowest BCUT2D eigenvalue weighted by Crippen LogP contribution is -2.40. The van der Waals surface area contributed by atoms with Crippen LogP contribution in [0.2, 0.25) is 0 Å². The van der Waals surface area contributed by atoms with E-state index in [9.17, 15) is 9.90 Å². The molecule has 1 amide bonds. The monoisotopic (exact) mass is 339 g/mol. The highest BCUT2D eigenvalue weighted by Gasteiger charge is 2.24. The summed E-state index contributed by atoms with van der Waals surface area (Å²) in [6, 6.07) is 5.14. The summed E-state index contributed by atoms with van der Waals surface area (Å²) in [5.41, 5.74) is 0.341. The van der Waals surface area contributed by atoms with Crippen LogP contribution in [0.4, 0.5) is 0 Å². The first-order valence-corrected chi connectivity index (χ1v) is 8.20. The Morgan fingerprint density at radius 2 is 2.10 bits per heavy atom. The molecule has 0 aromatic heterocycles. The van der Waals surface area contributed by atoms with Crippen molar-refractivity contribution < 1.29 is 9.90 Å². The van der Waals surface area contributed by atoms with Gasteiger partial charge in [-0.05, 0) is 43.4 Å². The molecule has 0 spiro atoms. The minimum absolute atomic E-state index is 0.0317. The zero-order chi connectivity index (χ0) is 14.5. The lowest BCUT2D eigenvalue weighted by atomic mass is 9.83. The van der Waals surface area contributed by atoms with Gasteiger partial charge in [0.2, 0.25) is 0 Å². The molecule has 4 heteroatoms. The molecule has 0 saturated heterocycles. The highest BCUT2D eigenvalue weighted by Crippen LogP contribution is 2.28. The molecule has 1 aliphatic rings. The van der Waals surface area contributed by atoms with Gasteiger partial charge in [-0.15, -0.1) is 0 Å². The molecule has 1 aromatic carbocycles. The molecule has 2 N–H and O–H groups in total. The van der Waals surface area contributed by atoms with Crippen LogP contribution < -0.4 is 5.32 Å². The van der Waals surface area contributed by atoms with Crippen molar-refractivity contribution >= 4 is 21.8 Å². The van der Waals surface area contributed by atoms with Crippen LogP contribution in [0.25, 0.3) is 0 Å². The van der Waals surface area contributed by atoms with E-state index in [-0.39, 0.29) is 17.7 Å². The fourth-order valence-corrected chi connectivity index (χ4v) is 3.39. The molecule has 0 aliphatic heterocycles. The molecule has 1 aliphatic carbocycles. The molecule has 1 fully saturated rings. The number of carbonyl (C=O) groups is 1. The van der Waals surface area contributed by atoms with Crippen LogP contribution in [-0.4, -0.2) is 17.1 Å². The summed E-state index contributed by atoms with van der Waals surface area (Å²) in [6.45, 7) is 2.11. The molecule has 3 nitrogen and oxygen atoms in total. The number of phenolic OH excluding ortho intramolecular Hbond substituents is 1. The van der Waals surface area contributed by atoms with Gasteiger partial charge < -0.3 is 10.4 Å². The van der Waals surface area contributed by atoms with Crippen LogP contribution in [0.15, 0.2) is 22.7 Å². The summed E-state index contributed by atoms with van der Waals surface area (Å²) in [6.07, 6.45) is 7.17. The Morgan fingerprint density at radius 1 is 1.40 bits per heavy atom. The van der Waals surface area contributed by atoms with Crippen LogP contribution in [0.5, 0.6) is 5.75 Å². The molecule has 0 heterocycles. The van der Waals surface area contributed by atoms with Crippen molar-refractivity contribution in [3.05, 3.63) is 28.2 Å². The summed E-state index contributed by atoms with van der Waals surface area (Å²) in [5.74, 6) is 0.428. The van der Waals surface area contributed by atoms with Crippen LogP contribution in [0.1, 0.15) is 55.8 Å². The summed E-state index contributed by atoms with van der Waals surface area (Å²) < 4.78 is 0.797. The first-order chi connectivity index (χ1) is 9.61. The molecule has 20 heavy (non-hydrogen) atoms. The number of rotatable bonds is 4. The Morgan fingerprint density at radius 3 is 2.75 bits per heavy atom. The normalized spacial score (nSPS) is 17.7. The van der Waals surface area contributed by atoms with Crippen molar-refractivity contribution in [2.75, 3.05) is 0 Å². The molecule has 0 bridgehead atoms. The van der Waals surface area contributed by atoms with Gasteiger partial charge in [-0.3, -0.25) is 4.79 Å². The summed E-state index contributed by atoms with van der Waals surface area (Å²) in [7, 11) is 0. The second-order valence-electron chi connectivity index (χ2n) is 5.55. The molecule has 2 rings (SSSR count). The zero-order valence-electron chi connectivity index (χ0n) is 11.9. The van der Waals surface area contributed by atoms with Crippen LogP contribution in [-0.2, 0) is 0 Å². The summed E-state index contributed by atoms with van der Waals surface area (Å²) >= 11 is 3.33. The first kappa shape index (κ1) is 15.4. The summed E-state index contributed by atoms with van der Waals surface area (Å²) in [5, 5.41) is 12.9. The second-order valence-corrected chi connectivity index (χ2v) is 6.46. The van der Waals surface area contributed by atoms with Gasteiger partial charge in [0, 0.05) is 10.5 Å². The number of benzene rings is 1. The highest BCUT2D eigenvalue weighted by molar-refractivity contribution is 9.10. The van der Waals surface area contributed by atoms with Gasteiger partial charge in [0.25, 0.3) is 5.91 Å². The number of aromatic hydroxyl groups is 1. The van der Waals surface area contributed by atoms with Crippen molar-refractivity contribution in [2.24, 2.45) is 5.92 Å². The largest absolute Gasteiger partial charge is 0.507 e. The maximum atomic E-state index is 12.3. The first-order valence-electron chi connectivity index (χ1n) is 7.41. The molecule has 1 atom stereocenters. The van der Waals surface area contributed by atoms with Gasteiger partial charge in [0.15, 0.2) is 0 Å². The minimum atomic E-state index is -0.179. The van der Waals surface area contributed by atoms with E-state index in [0.717, 1.165) is 10.9 Å². The Bertz CT molecular complexity index is 470. The van der Waals surface area contributed by atoms with Gasteiger partial charge in [-0.1, -0.05) is 42.1 Å². The third-order valence-corrected chi connectivity index (χ3v) is 4.67. The Hall–Kier alpha value is -1.03. The van der Waals surface area contributed by atoms with Crippen LogP contribution >= 0.6 is 15.9 Å². The molecular weight excluding hydrogens is 318 g/mol. The highest BCUT2D eigenvalue weighted by atomic mass is 79.9. The van der Waals surface area contributed by atoms with Crippen molar-refractivity contribution in [3.63, 3.8) is 0 Å². The van der Waals surface area contributed by atoms with Crippen molar-refractivity contribution in [3.8, 4) is 5.75 Å². The number of amides is 1. The van der Waals surface area contributed by atoms with E-state index in [0.29, 0.717) is 11.5 Å². The van der Waals surface area contributed by atoms with Crippen molar-refractivity contribution in [2.45, 2.75) is 51.5 Å². The van der Waals surface area contributed by atoms with Gasteiger partial charge in [-0.25, -0.2) is 0 Å². The van der Waals surface area contributed by atoms with Gasteiger partial charge in [-0.2, -0.15) is 0 Å². The third-order valence-electron chi connectivity index (χ3n) is 4.18. The lowest BCUT2D eigenvalue weighted by Gasteiger charge is -2.30. The maximum absolute atomic E-state index is 12.3. The molecule has 1 unspecified atom stereocenters.